The summed E-state index contributed by atoms with van der Waals surface area (Å²) in [6.45, 7) is 2.17. The molecule has 1 amide bonds. The maximum absolute atomic E-state index is 13.4. The molecule has 0 atom stereocenters. The second kappa shape index (κ2) is 6.07. The Morgan fingerprint density at radius 3 is 2.84 bits per heavy atom. The molecular formula is C18H16FN3O2S. The van der Waals surface area contributed by atoms with Crippen molar-refractivity contribution in [2.24, 2.45) is 0 Å². The van der Waals surface area contributed by atoms with E-state index in [1.807, 2.05) is 19.1 Å². The fourth-order valence-electron chi connectivity index (χ4n) is 2.86. The summed E-state index contributed by atoms with van der Waals surface area (Å²) in [4.78, 5) is 14.6. The average molecular weight is 357 g/mol. The zero-order valence-corrected chi connectivity index (χ0v) is 14.4. The monoisotopic (exact) mass is 357 g/mol. The molecule has 0 bridgehead atoms. The molecule has 5 nitrogen and oxygen atoms in total. The first-order valence-electron chi connectivity index (χ1n) is 8.00. The van der Waals surface area contributed by atoms with Crippen LogP contribution in [-0.2, 0) is 16.8 Å². The molecule has 1 aromatic carbocycles. The van der Waals surface area contributed by atoms with Gasteiger partial charge in [0.1, 0.15) is 5.82 Å². The van der Waals surface area contributed by atoms with Gasteiger partial charge >= 0.3 is 0 Å². The molecule has 0 aliphatic heterocycles. The molecule has 2 heterocycles. The van der Waals surface area contributed by atoms with Crippen LogP contribution >= 0.6 is 11.3 Å². The van der Waals surface area contributed by atoms with Gasteiger partial charge in [0.15, 0.2) is 0 Å². The standard InChI is InChI=1S/C18H16FN3O2S/c1-11-5-6-14(25-11)16-22-21-15(24-16)10-20-17(23)18(7-8-18)12-3-2-4-13(19)9-12/h2-6,9H,7-8,10H2,1H3,(H,20,23). The van der Waals surface area contributed by atoms with Gasteiger partial charge in [0.05, 0.1) is 16.8 Å². The van der Waals surface area contributed by atoms with Crippen LogP contribution in [0.25, 0.3) is 10.8 Å². The van der Waals surface area contributed by atoms with Crippen LogP contribution in [0, 0.1) is 12.7 Å². The molecule has 1 aliphatic carbocycles. The lowest BCUT2D eigenvalue weighted by molar-refractivity contribution is -0.123. The van der Waals surface area contributed by atoms with Crippen LogP contribution in [0.2, 0.25) is 0 Å². The lowest BCUT2D eigenvalue weighted by Crippen LogP contribution is -2.34. The van der Waals surface area contributed by atoms with E-state index in [0.29, 0.717) is 30.2 Å². The van der Waals surface area contributed by atoms with Crippen molar-refractivity contribution in [3.05, 3.63) is 58.5 Å². The highest BCUT2D eigenvalue weighted by atomic mass is 32.1. The number of aromatic nitrogens is 2. The highest BCUT2D eigenvalue weighted by Gasteiger charge is 2.51. The molecule has 0 unspecified atom stereocenters. The Bertz CT molecular complexity index is 930. The Balaban J connectivity index is 1.43. The van der Waals surface area contributed by atoms with Crippen LogP contribution in [-0.4, -0.2) is 16.1 Å². The third kappa shape index (κ3) is 3.07. The minimum Gasteiger partial charge on any atom is -0.418 e. The Hall–Kier alpha value is -2.54. The quantitative estimate of drug-likeness (QED) is 0.758. The summed E-state index contributed by atoms with van der Waals surface area (Å²) in [5.74, 6) is 0.340. The number of rotatable bonds is 5. The minimum atomic E-state index is -0.629. The molecule has 0 radical (unpaired) electrons. The number of aryl methyl sites for hydroxylation is 1. The minimum absolute atomic E-state index is 0.134. The molecule has 1 saturated carbocycles. The van der Waals surface area contributed by atoms with Crippen molar-refractivity contribution in [1.82, 2.24) is 15.5 Å². The van der Waals surface area contributed by atoms with E-state index in [9.17, 15) is 9.18 Å². The van der Waals surface area contributed by atoms with Crippen LogP contribution in [0.4, 0.5) is 4.39 Å². The first-order valence-corrected chi connectivity index (χ1v) is 8.82. The number of hydrogen-bond donors (Lipinski definition) is 1. The lowest BCUT2D eigenvalue weighted by Gasteiger charge is -2.15. The summed E-state index contributed by atoms with van der Waals surface area (Å²) in [5.41, 5.74) is 0.0841. The van der Waals surface area contributed by atoms with E-state index in [0.717, 1.165) is 9.75 Å². The summed E-state index contributed by atoms with van der Waals surface area (Å²) in [6, 6.07) is 10.1. The van der Waals surface area contributed by atoms with Crippen molar-refractivity contribution in [2.75, 3.05) is 0 Å². The SMILES string of the molecule is Cc1ccc(-c2nnc(CNC(=O)C3(c4cccc(F)c4)CC3)o2)s1. The van der Waals surface area contributed by atoms with Crippen LogP contribution in [0.15, 0.2) is 40.8 Å². The zero-order valence-electron chi connectivity index (χ0n) is 13.6. The van der Waals surface area contributed by atoms with E-state index in [1.54, 1.807) is 23.5 Å². The molecule has 1 N–H and O–H groups in total. The van der Waals surface area contributed by atoms with Crippen LogP contribution in [0.1, 0.15) is 29.2 Å². The number of carbonyl (C=O) groups excluding carboxylic acids is 1. The van der Waals surface area contributed by atoms with Gasteiger partial charge in [-0.15, -0.1) is 21.5 Å². The Morgan fingerprint density at radius 2 is 2.16 bits per heavy atom. The third-order valence-electron chi connectivity index (χ3n) is 4.38. The van der Waals surface area contributed by atoms with Gasteiger partial charge in [-0.2, -0.15) is 0 Å². The van der Waals surface area contributed by atoms with Gasteiger partial charge in [-0.1, -0.05) is 12.1 Å². The first kappa shape index (κ1) is 16.0. The van der Waals surface area contributed by atoms with E-state index in [4.69, 9.17) is 4.42 Å². The van der Waals surface area contributed by atoms with E-state index < -0.39 is 5.41 Å². The lowest BCUT2D eigenvalue weighted by atomic mass is 9.95. The fourth-order valence-corrected chi connectivity index (χ4v) is 3.65. The fraction of sp³-hybridized carbons (Fsp3) is 0.278. The maximum Gasteiger partial charge on any atom is 0.257 e. The number of benzene rings is 1. The van der Waals surface area contributed by atoms with Crippen LogP contribution < -0.4 is 5.32 Å². The molecule has 7 heteroatoms. The molecule has 25 heavy (non-hydrogen) atoms. The molecule has 1 aliphatic rings. The van der Waals surface area contributed by atoms with Gasteiger partial charge in [-0.3, -0.25) is 4.79 Å². The Morgan fingerprint density at radius 1 is 1.32 bits per heavy atom. The molecule has 1 fully saturated rings. The average Bonchev–Trinajstić information content (AvgIpc) is 3.08. The highest BCUT2D eigenvalue weighted by molar-refractivity contribution is 7.15. The van der Waals surface area contributed by atoms with Crippen molar-refractivity contribution in [1.29, 1.82) is 0 Å². The largest absolute Gasteiger partial charge is 0.418 e. The van der Waals surface area contributed by atoms with E-state index >= 15 is 0 Å². The molecule has 128 valence electrons. The summed E-state index contributed by atoms with van der Waals surface area (Å²) >= 11 is 1.57. The molecule has 0 spiro atoms. The first-order chi connectivity index (χ1) is 12.1. The third-order valence-corrected chi connectivity index (χ3v) is 5.37. The second-order valence-corrected chi connectivity index (χ2v) is 7.47. The van der Waals surface area contributed by atoms with E-state index in [-0.39, 0.29) is 18.3 Å². The van der Waals surface area contributed by atoms with Crippen molar-refractivity contribution in [3.63, 3.8) is 0 Å². The Kier molecular flexibility index (Phi) is 3.88. The predicted octanol–water partition coefficient (Wildman–Crippen LogP) is 3.59. The van der Waals surface area contributed by atoms with Gasteiger partial charge < -0.3 is 9.73 Å². The highest BCUT2D eigenvalue weighted by Crippen LogP contribution is 2.48. The molecule has 4 rings (SSSR count). The summed E-state index contributed by atoms with van der Waals surface area (Å²) in [7, 11) is 0. The topological polar surface area (TPSA) is 68.0 Å². The van der Waals surface area contributed by atoms with E-state index in [1.165, 1.54) is 12.1 Å². The molecule has 3 aromatic rings. The molecule has 2 aromatic heterocycles. The second-order valence-electron chi connectivity index (χ2n) is 6.19. The number of nitrogens with zero attached hydrogens (tertiary/aromatic N) is 2. The van der Waals surface area contributed by atoms with Crippen LogP contribution in [0.3, 0.4) is 0 Å². The predicted molar refractivity (Wildman–Crippen MR) is 91.5 cm³/mol. The molecule has 0 saturated heterocycles. The summed E-state index contributed by atoms with van der Waals surface area (Å²) < 4.78 is 19.0. The summed E-state index contributed by atoms with van der Waals surface area (Å²) in [6.07, 6.45) is 1.43. The normalized spacial score (nSPS) is 15.1. The maximum atomic E-state index is 13.4. The number of hydrogen-bond acceptors (Lipinski definition) is 5. The van der Waals surface area contributed by atoms with Gasteiger partial charge in [-0.25, -0.2) is 4.39 Å². The van der Waals surface area contributed by atoms with Gasteiger partial charge in [-0.05, 0) is 49.6 Å². The van der Waals surface area contributed by atoms with Gasteiger partial charge in [0.25, 0.3) is 5.89 Å². The van der Waals surface area contributed by atoms with Gasteiger partial charge in [0.2, 0.25) is 11.8 Å². The summed E-state index contributed by atoms with van der Waals surface area (Å²) in [5, 5.41) is 10.8. The number of nitrogens with one attached hydrogen (secondary N) is 1. The van der Waals surface area contributed by atoms with Crippen molar-refractivity contribution in [2.45, 2.75) is 31.7 Å². The number of halogens is 1. The van der Waals surface area contributed by atoms with E-state index in [2.05, 4.69) is 15.5 Å². The number of thiophene rings is 1. The number of amides is 1. The van der Waals surface area contributed by atoms with Crippen molar-refractivity contribution in [3.8, 4) is 10.8 Å². The Labute approximate surface area is 147 Å². The van der Waals surface area contributed by atoms with Crippen molar-refractivity contribution < 1.29 is 13.6 Å². The zero-order chi connectivity index (χ0) is 17.4. The van der Waals surface area contributed by atoms with Gasteiger partial charge in [0, 0.05) is 4.88 Å². The molecular weight excluding hydrogens is 341 g/mol. The smallest absolute Gasteiger partial charge is 0.257 e. The number of carbonyl (C=O) groups is 1. The van der Waals surface area contributed by atoms with Crippen molar-refractivity contribution >= 4 is 17.2 Å². The van der Waals surface area contributed by atoms with Crippen LogP contribution in [0.5, 0.6) is 0 Å².